The molecule has 3 aromatic rings. The Kier molecular flexibility index (Phi) is 7.36. The van der Waals surface area contributed by atoms with E-state index in [4.69, 9.17) is 4.74 Å². The fraction of sp³-hybridized carbons (Fsp3) is 0.407. The van der Waals surface area contributed by atoms with Crippen molar-refractivity contribution >= 4 is 23.2 Å². The molecular weight excluding hydrogens is 484 g/mol. The lowest BCUT2D eigenvalue weighted by atomic mass is 10.1. The summed E-state index contributed by atoms with van der Waals surface area (Å²) in [7, 11) is 0. The summed E-state index contributed by atoms with van der Waals surface area (Å²) in [6.07, 6.45) is -0.372. The van der Waals surface area contributed by atoms with Gasteiger partial charge in [0.15, 0.2) is 11.2 Å². The maximum absolute atomic E-state index is 13.8. The van der Waals surface area contributed by atoms with Gasteiger partial charge in [-0.1, -0.05) is 24.1 Å². The molecule has 1 amide bonds. The topological polar surface area (TPSA) is 133 Å². The van der Waals surface area contributed by atoms with Crippen molar-refractivity contribution in [2.45, 2.75) is 46.4 Å². The van der Waals surface area contributed by atoms with E-state index in [9.17, 15) is 20.1 Å². The number of hydrogen-bond acceptors (Lipinski definition) is 8. The summed E-state index contributed by atoms with van der Waals surface area (Å²) < 4.78 is 8.46. The molecule has 11 heteroatoms. The smallest absolute Gasteiger partial charge is 0.410 e. The Morgan fingerprint density at radius 1 is 1.05 bits per heavy atom. The molecule has 0 unspecified atom stereocenters. The van der Waals surface area contributed by atoms with E-state index in [1.807, 2.05) is 31.7 Å². The molecule has 0 saturated carbocycles. The molecule has 3 heterocycles. The zero-order chi connectivity index (χ0) is 27.4. The quantitative estimate of drug-likeness (QED) is 0.487. The maximum Gasteiger partial charge on any atom is 0.410 e. The number of carbonyl (C=O) groups excluding carboxylic acids is 1. The van der Waals surface area contributed by atoms with E-state index < -0.39 is 11.2 Å². The third-order valence-electron chi connectivity index (χ3n) is 6.04. The van der Waals surface area contributed by atoms with Crippen molar-refractivity contribution in [3.8, 4) is 24.0 Å². The molecule has 11 nitrogen and oxygen atoms in total. The van der Waals surface area contributed by atoms with Crippen LogP contribution in [-0.2, 0) is 17.8 Å². The van der Waals surface area contributed by atoms with Gasteiger partial charge in [0, 0.05) is 26.2 Å². The molecule has 4 rings (SSSR count). The molecule has 1 aliphatic heterocycles. The van der Waals surface area contributed by atoms with Crippen LogP contribution in [0, 0.1) is 34.5 Å². The second-order valence-corrected chi connectivity index (χ2v) is 9.76. The van der Waals surface area contributed by atoms with Crippen molar-refractivity contribution in [3.05, 3.63) is 51.6 Å². The first kappa shape index (κ1) is 26.2. The van der Waals surface area contributed by atoms with Crippen LogP contribution in [0.4, 0.5) is 10.7 Å². The van der Waals surface area contributed by atoms with Crippen LogP contribution in [-0.4, -0.2) is 61.9 Å². The SMILES string of the molecule is CC#CCn1c(N2CCN(C(=O)OC(C)(C)C)CC2)nc2nc(C#N)n(Cc3ccccc3C#N)c(=O)c21. The average Bonchev–Trinajstić information content (AvgIpc) is 3.26. The number of anilines is 1. The molecule has 1 aliphatic rings. The number of imidazole rings is 1. The van der Waals surface area contributed by atoms with E-state index in [1.54, 1.807) is 40.7 Å². The van der Waals surface area contributed by atoms with Crippen molar-refractivity contribution in [2.24, 2.45) is 0 Å². The normalized spacial score (nSPS) is 13.4. The molecule has 1 aromatic carbocycles. The van der Waals surface area contributed by atoms with E-state index in [0.29, 0.717) is 43.3 Å². The van der Waals surface area contributed by atoms with Crippen LogP contribution >= 0.6 is 0 Å². The summed E-state index contributed by atoms with van der Waals surface area (Å²) in [5.74, 6) is 6.25. The number of amides is 1. The number of carbonyl (C=O) groups is 1. The number of aromatic nitrogens is 4. The van der Waals surface area contributed by atoms with Gasteiger partial charge in [-0.2, -0.15) is 20.5 Å². The Bertz CT molecular complexity index is 1580. The van der Waals surface area contributed by atoms with Crippen LogP contribution < -0.4 is 10.5 Å². The van der Waals surface area contributed by atoms with Gasteiger partial charge in [-0.3, -0.25) is 13.9 Å². The van der Waals surface area contributed by atoms with Crippen LogP contribution in [0.5, 0.6) is 0 Å². The summed E-state index contributed by atoms with van der Waals surface area (Å²) in [5, 5.41) is 19.3. The molecular formula is C27H28N8O3. The van der Waals surface area contributed by atoms with Crippen molar-refractivity contribution in [3.63, 3.8) is 0 Å². The van der Waals surface area contributed by atoms with Gasteiger partial charge in [-0.05, 0) is 39.3 Å². The Balaban J connectivity index is 1.74. The summed E-state index contributed by atoms with van der Waals surface area (Å²) in [6.45, 7) is 9.18. The standard InChI is InChI=1S/C27H28N8O3/c1-5-6-11-34-22-23(31-25(34)32-12-14-33(15-13-32)26(37)38-27(2,3)4)30-21(17-29)35(24(22)36)18-20-10-8-7-9-19(20)16-28/h7-10H,11-15,18H2,1-4H3. The fourth-order valence-electron chi connectivity index (χ4n) is 4.24. The van der Waals surface area contributed by atoms with Gasteiger partial charge in [0.25, 0.3) is 5.56 Å². The van der Waals surface area contributed by atoms with E-state index in [0.717, 1.165) is 0 Å². The van der Waals surface area contributed by atoms with Crippen molar-refractivity contribution in [1.29, 1.82) is 10.5 Å². The molecule has 0 radical (unpaired) electrons. The summed E-state index contributed by atoms with van der Waals surface area (Å²) in [4.78, 5) is 38.9. The number of rotatable bonds is 4. The number of fused-ring (bicyclic) bond motifs is 1. The van der Waals surface area contributed by atoms with E-state index in [2.05, 4.69) is 27.9 Å². The predicted molar refractivity (Wildman–Crippen MR) is 140 cm³/mol. The van der Waals surface area contributed by atoms with Crippen LogP contribution in [0.1, 0.15) is 44.6 Å². The van der Waals surface area contributed by atoms with E-state index >= 15 is 0 Å². The lowest BCUT2D eigenvalue weighted by Crippen LogP contribution is -2.50. The van der Waals surface area contributed by atoms with Gasteiger partial charge >= 0.3 is 6.09 Å². The average molecular weight is 513 g/mol. The third-order valence-corrected chi connectivity index (χ3v) is 6.04. The number of hydrogen-bond donors (Lipinski definition) is 0. The second kappa shape index (κ2) is 10.7. The molecule has 0 bridgehead atoms. The summed E-state index contributed by atoms with van der Waals surface area (Å²) in [5.41, 5.74) is 0.372. The highest BCUT2D eigenvalue weighted by molar-refractivity contribution is 5.75. The Hall–Kier alpha value is -4.82. The Labute approximate surface area is 220 Å². The van der Waals surface area contributed by atoms with Gasteiger partial charge < -0.3 is 14.5 Å². The molecule has 1 fully saturated rings. The highest BCUT2D eigenvalue weighted by Gasteiger charge is 2.29. The third kappa shape index (κ3) is 5.30. The highest BCUT2D eigenvalue weighted by Crippen LogP contribution is 2.22. The lowest BCUT2D eigenvalue weighted by molar-refractivity contribution is 0.0240. The van der Waals surface area contributed by atoms with Crippen LogP contribution in [0.25, 0.3) is 11.2 Å². The van der Waals surface area contributed by atoms with E-state index in [1.165, 1.54) is 4.57 Å². The zero-order valence-corrected chi connectivity index (χ0v) is 21.9. The Morgan fingerprint density at radius 3 is 2.39 bits per heavy atom. The molecule has 0 N–H and O–H groups in total. The minimum absolute atomic E-state index is 0.0168. The highest BCUT2D eigenvalue weighted by atomic mass is 16.6. The van der Waals surface area contributed by atoms with Gasteiger partial charge in [0.05, 0.1) is 24.7 Å². The fourth-order valence-corrected chi connectivity index (χ4v) is 4.24. The number of nitrogens with zero attached hydrogens (tertiary/aromatic N) is 8. The first-order valence-electron chi connectivity index (χ1n) is 12.2. The maximum atomic E-state index is 13.8. The molecule has 194 valence electrons. The minimum Gasteiger partial charge on any atom is -0.444 e. The van der Waals surface area contributed by atoms with Crippen LogP contribution in [0.2, 0.25) is 0 Å². The number of benzene rings is 1. The molecule has 0 spiro atoms. The van der Waals surface area contributed by atoms with Crippen LogP contribution in [0.3, 0.4) is 0 Å². The van der Waals surface area contributed by atoms with Crippen molar-refractivity contribution in [1.82, 2.24) is 24.0 Å². The van der Waals surface area contributed by atoms with Gasteiger partial charge in [-0.15, -0.1) is 5.92 Å². The summed E-state index contributed by atoms with van der Waals surface area (Å²) >= 11 is 0. The monoisotopic (exact) mass is 512 g/mol. The van der Waals surface area contributed by atoms with Gasteiger partial charge in [-0.25, -0.2) is 4.79 Å². The summed E-state index contributed by atoms with van der Waals surface area (Å²) in [6, 6.07) is 11.0. The molecule has 1 saturated heterocycles. The van der Waals surface area contributed by atoms with Gasteiger partial charge in [0.1, 0.15) is 11.7 Å². The molecule has 38 heavy (non-hydrogen) atoms. The second-order valence-electron chi connectivity index (χ2n) is 9.76. The van der Waals surface area contributed by atoms with Crippen molar-refractivity contribution < 1.29 is 9.53 Å². The molecule has 0 atom stereocenters. The molecule has 0 aliphatic carbocycles. The first-order valence-corrected chi connectivity index (χ1v) is 12.2. The number of ether oxygens (including phenoxy) is 1. The minimum atomic E-state index is -0.585. The first-order chi connectivity index (χ1) is 18.2. The number of piperazine rings is 1. The molecule has 2 aromatic heterocycles. The Morgan fingerprint density at radius 2 is 1.76 bits per heavy atom. The van der Waals surface area contributed by atoms with Gasteiger partial charge in [0.2, 0.25) is 11.8 Å². The number of nitriles is 2. The largest absolute Gasteiger partial charge is 0.444 e. The van der Waals surface area contributed by atoms with E-state index in [-0.39, 0.29) is 36.2 Å². The zero-order valence-electron chi connectivity index (χ0n) is 21.9. The van der Waals surface area contributed by atoms with Crippen LogP contribution in [0.15, 0.2) is 29.1 Å². The lowest BCUT2D eigenvalue weighted by Gasteiger charge is -2.36. The predicted octanol–water partition coefficient (Wildman–Crippen LogP) is 2.47. The van der Waals surface area contributed by atoms with Crippen molar-refractivity contribution in [2.75, 3.05) is 31.1 Å².